The predicted molar refractivity (Wildman–Crippen MR) is 112 cm³/mol. The topological polar surface area (TPSA) is 159 Å². The molecule has 0 saturated carbocycles. The maximum Gasteiger partial charge on any atom is 0.271 e. The Labute approximate surface area is 177 Å². The maximum atomic E-state index is 12.6. The SMILES string of the molecule is O=C1Nc2cc([N+](=O)[O-])cc(CNS(=O)(=O)c3ccccc3)c2NC1Cc1cnc[nH]1. The van der Waals surface area contributed by atoms with E-state index in [9.17, 15) is 23.3 Å². The molecule has 0 fully saturated rings. The van der Waals surface area contributed by atoms with Gasteiger partial charge in [0.2, 0.25) is 15.9 Å². The zero-order chi connectivity index (χ0) is 22.0. The fourth-order valence-electron chi connectivity index (χ4n) is 3.27. The largest absolute Gasteiger partial charge is 0.371 e. The van der Waals surface area contributed by atoms with Crippen LogP contribution in [0.15, 0.2) is 59.9 Å². The number of rotatable bonds is 7. The predicted octanol–water partition coefficient (Wildman–Crippen LogP) is 1.77. The van der Waals surface area contributed by atoms with E-state index in [-0.39, 0.29) is 28.7 Å². The molecule has 1 amide bonds. The highest BCUT2D eigenvalue weighted by Crippen LogP contribution is 2.35. The lowest BCUT2D eigenvalue weighted by Gasteiger charge is -2.28. The summed E-state index contributed by atoms with van der Waals surface area (Å²) >= 11 is 0. The molecule has 1 aliphatic heterocycles. The molecule has 0 saturated heterocycles. The first-order chi connectivity index (χ1) is 14.8. The number of nitro groups is 1. The molecular formula is C19H18N6O5S. The lowest BCUT2D eigenvalue weighted by molar-refractivity contribution is -0.384. The third-order valence-electron chi connectivity index (χ3n) is 4.79. The number of aromatic amines is 1. The van der Waals surface area contributed by atoms with Crippen molar-refractivity contribution in [3.8, 4) is 0 Å². The third-order valence-corrected chi connectivity index (χ3v) is 6.21. The molecule has 2 aromatic carbocycles. The summed E-state index contributed by atoms with van der Waals surface area (Å²) in [5, 5.41) is 17.1. The molecule has 3 aromatic rings. The van der Waals surface area contributed by atoms with Crippen LogP contribution in [0.4, 0.5) is 17.1 Å². The zero-order valence-corrected chi connectivity index (χ0v) is 16.8. The van der Waals surface area contributed by atoms with Crippen LogP contribution in [0.25, 0.3) is 0 Å². The Bertz CT molecular complexity index is 1230. The van der Waals surface area contributed by atoms with Crippen molar-refractivity contribution in [2.75, 3.05) is 10.6 Å². The standard InChI is InChI=1S/C19H18N6O5S/c26-19-17(7-13-10-20-11-21-13)23-18-12(6-14(25(27)28)8-16(18)24-19)9-22-31(29,30)15-4-2-1-3-5-15/h1-6,8,10-11,17,22-23H,7,9H2,(H,20,21)(H,24,26). The maximum absolute atomic E-state index is 12.6. The van der Waals surface area contributed by atoms with Crippen LogP contribution in [-0.2, 0) is 27.8 Å². The van der Waals surface area contributed by atoms with Gasteiger partial charge in [-0.1, -0.05) is 18.2 Å². The highest BCUT2D eigenvalue weighted by molar-refractivity contribution is 7.89. The summed E-state index contributed by atoms with van der Waals surface area (Å²) in [5.74, 6) is -0.363. The summed E-state index contributed by atoms with van der Waals surface area (Å²) in [6, 6.07) is 9.64. The monoisotopic (exact) mass is 442 g/mol. The number of carbonyl (C=O) groups excluding carboxylic acids is 1. The van der Waals surface area contributed by atoms with Crippen LogP contribution in [0.1, 0.15) is 11.3 Å². The molecule has 1 aromatic heterocycles. The fraction of sp³-hybridized carbons (Fsp3) is 0.158. The number of hydrogen-bond donors (Lipinski definition) is 4. The average molecular weight is 442 g/mol. The first-order valence-electron chi connectivity index (χ1n) is 9.24. The molecule has 2 heterocycles. The molecule has 11 nitrogen and oxygen atoms in total. The minimum absolute atomic E-state index is 0.0766. The first-order valence-corrected chi connectivity index (χ1v) is 10.7. The number of carbonyl (C=O) groups is 1. The number of nitrogens with one attached hydrogen (secondary N) is 4. The minimum Gasteiger partial charge on any atom is -0.371 e. The number of hydrogen-bond acceptors (Lipinski definition) is 7. The number of imidazole rings is 1. The summed E-state index contributed by atoms with van der Waals surface area (Å²) in [4.78, 5) is 30.2. The molecule has 0 radical (unpaired) electrons. The van der Waals surface area contributed by atoms with E-state index < -0.39 is 21.0 Å². The van der Waals surface area contributed by atoms with E-state index in [1.54, 1.807) is 24.4 Å². The van der Waals surface area contributed by atoms with Crippen LogP contribution < -0.4 is 15.4 Å². The summed E-state index contributed by atoms with van der Waals surface area (Å²) in [6.45, 7) is -0.207. The van der Waals surface area contributed by atoms with E-state index in [1.165, 1.54) is 30.6 Å². The number of non-ortho nitro benzene ring substituents is 1. The summed E-state index contributed by atoms with van der Waals surface area (Å²) in [6.07, 6.45) is 3.39. The first kappa shape index (κ1) is 20.5. The molecule has 1 aliphatic rings. The highest BCUT2D eigenvalue weighted by Gasteiger charge is 2.30. The minimum atomic E-state index is -3.83. The quantitative estimate of drug-likeness (QED) is 0.320. The Kier molecular flexibility index (Phi) is 5.40. The van der Waals surface area contributed by atoms with Gasteiger partial charge in [-0.15, -0.1) is 0 Å². The van der Waals surface area contributed by atoms with Gasteiger partial charge in [-0.05, 0) is 17.7 Å². The van der Waals surface area contributed by atoms with E-state index in [0.717, 1.165) is 5.69 Å². The number of nitrogens with zero attached hydrogens (tertiary/aromatic N) is 2. The fourth-order valence-corrected chi connectivity index (χ4v) is 4.30. The van der Waals surface area contributed by atoms with Crippen molar-refractivity contribution in [2.45, 2.75) is 23.9 Å². The second-order valence-corrected chi connectivity index (χ2v) is 8.66. The van der Waals surface area contributed by atoms with Crippen LogP contribution >= 0.6 is 0 Å². The Hall–Kier alpha value is -3.77. The normalized spacial score (nSPS) is 15.6. The second kappa shape index (κ2) is 8.16. The molecule has 1 atom stereocenters. The number of nitro benzene ring substituents is 1. The van der Waals surface area contributed by atoms with E-state index in [1.807, 2.05) is 0 Å². The molecule has 4 rings (SSSR count). The molecule has 31 heavy (non-hydrogen) atoms. The van der Waals surface area contributed by atoms with Crippen molar-refractivity contribution >= 4 is 33.0 Å². The summed E-state index contributed by atoms with van der Waals surface area (Å²) in [7, 11) is -3.83. The van der Waals surface area contributed by atoms with Gasteiger partial charge in [0.15, 0.2) is 0 Å². The van der Waals surface area contributed by atoms with Crippen molar-refractivity contribution in [3.63, 3.8) is 0 Å². The van der Waals surface area contributed by atoms with Crippen LogP contribution in [0, 0.1) is 10.1 Å². The summed E-state index contributed by atoms with van der Waals surface area (Å²) < 4.78 is 27.6. The Balaban J connectivity index is 1.64. The van der Waals surface area contributed by atoms with Crippen molar-refractivity contribution in [3.05, 3.63) is 76.4 Å². The number of sulfonamides is 1. The van der Waals surface area contributed by atoms with Crippen molar-refractivity contribution < 1.29 is 18.1 Å². The van der Waals surface area contributed by atoms with Gasteiger partial charge in [0.05, 0.1) is 27.5 Å². The Morgan fingerprint density at radius 2 is 1.97 bits per heavy atom. The van der Waals surface area contributed by atoms with Gasteiger partial charge in [-0.25, -0.2) is 18.1 Å². The Morgan fingerprint density at radius 1 is 1.19 bits per heavy atom. The molecular weight excluding hydrogens is 424 g/mol. The van der Waals surface area contributed by atoms with E-state index >= 15 is 0 Å². The van der Waals surface area contributed by atoms with Gasteiger partial charge in [0, 0.05) is 37.0 Å². The molecule has 0 aliphatic carbocycles. The second-order valence-electron chi connectivity index (χ2n) is 6.89. The van der Waals surface area contributed by atoms with E-state index in [0.29, 0.717) is 17.7 Å². The number of amides is 1. The number of fused-ring (bicyclic) bond motifs is 1. The van der Waals surface area contributed by atoms with Crippen LogP contribution in [-0.4, -0.2) is 35.3 Å². The molecule has 0 bridgehead atoms. The van der Waals surface area contributed by atoms with Gasteiger partial charge in [0.25, 0.3) is 5.69 Å². The zero-order valence-electron chi connectivity index (χ0n) is 16.0. The molecule has 0 spiro atoms. The lowest BCUT2D eigenvalue weighted by atomic mass is 10.0. The molecule has 160 valence electrons. The molecule has 12 heteroatoms. The highest BCUT2D eigenvalue weighted by atomic mass is 32.2. The van der Waals surface area contributed by atoms with Crippen molar-refractivity contribution in [1.29, 1.82) is 0 Å². The molecule has 4 N–H and O–H groups in total. The van der Waals surface area contributed by atoms with Gasteiger partial charge in [-0.3, -0.25) is 14.9 Å². The molecule has 1 unspecified atom stereocenters. The van der Waals surface area contributed by atoms with Crippen LogP contribution in [0.5, 0.6) is 0 Å². The van der Waals surface area contributed by atoms with Gasteiger partial charge in [0.1, 0.15) is 6.04 Å². The number of anilines is 2. The van der Waals surface area contributed by atoms with Gasteiger partial charge < -0.3 is 15.6 Å². The Morgan fingerprint density at radius 3 is 2.65 bits per heavy atom. The number of aromatic nitrogens is 2. The average Bonchev–Trinajstić information content (AvgIpc) is 3.26. The third kappa shape index (κ3) is 4.39. The van der Waals surface area contributed by atoms with Crippen molar-refractivity contribution in [2.24, 2.45) is 0 Å². The summed E-state index contributed by atoms with van der Waals surface area (Å²) in [5.41, 5.74) is 1.43. The van der Waals surface area contributed by atoms with Crippen LogP contribution in [0.3, 0.4) is 0 Å². The van der Waals surface area contributed by atoms with Crippen LogP contribution in [0.2, 0.25) is 0 Å². The van der Waals surface area contributed by atoms with E-state index in [4.69, 9.17) is 0 Å². The van der Waals surface area contributed by atoms with Gasteiger partial charge >= 0.3 is 0 Å². The van der Waals surface area contributed by atoms with Crippen molar-refractivity contribution in [1.82, 2.24) is 14.7 Å². The van der Waals surface area contributed by atoms with E-state index in [2.05, 4.69) is 25.3 Å². The lowest BCUT2D eigenvalue weighted by Crippen LogP contribution is -2.41. The van der Waals surface area contributed by atoms with Gasteiger partial charge in [-0.2, -0.15) is 0 Å². The number of H-pyrrole nitrogens is 1. The number of benzene rings is 2. The smallest absolute Gasteiger partial charge is 0.271 e.